The first-order valence-electron chi connectivity index (χ1n) is 3.94. The summed E-state index contributed by atoms with van der Waals surface area (Å²) in [5.74, 6) is -0.757. The molecule has 0 heterocycles. The lowest BCUT2D eigenvalue weighted by Gasteiger charge is -2.16. The van der Waals surface area contributed by atoms with Crippen LogP contribution in [0.1, 0.15) is 18.5 Å². The molecule has 0 aromatic heterocycles. The van der Waals surface area contributed by atoms with Crippen molar-refractivity contribution in [1.29, 1.82) is 0 Å². The number of aromatic hydroxyl groups is 1. The zero-order valence-corrected chi connectivity index (χ0v) is 7.24. The Bertz CT molecular complexity index is 302. The van der Waals surface area contributed by atoms with Crippen LogP contribution >= 0.6 is 0 Å². The van der Waals surface area contributed by atoms with Gasteiger partial charge in [0, 0.05) is 11.6 Å². The van der Waals surface area contributed by atoms with E-state index in [-0.39, 0.29) is 5.75 Å². The van der Waals surface area contributed by atoms with Gasteiger partial charge in [-0.25, -0.2) is 4.39 Å². The number of aliphatic hydroxyl groups excluding tert-OH is 1. The first kappa shape index (κ1) is 9.95. The lowest BCUT2D eigenvalue weighted by Crippen LogP contribution is -2.23. The number of rotatable bonds is 2. The molecule has 0 radical (unpaired) electrons. The van der Waals surface area contributed by atoms with E-state index in [0.717, 1.165) is 6.07 Å². The van der Waals surface area contributed by atoms with Crippen molar-refractivity contribution in [2.24, 2.45) is 5.73 Å². The smallest absolute Gasteiger partial charge is 0.126 e. The van der Waals surface area contributed by atoms with Crippen LogP contribution in [0.15, 0.2) is 18.2 Å². The van der Waals surface area contributed by atoms with E-state index in [2.05, 4.69) is 0 Å². The van der Waals surface area contributed by atoms with Crippen LogP contribution in [0.25, 0.3) is 0 Å². The van der Waals surface area contributed by atoms with Gasteiger partial charge < -0.3 is 15.9 Å². The lowest BCUT2D eigenvalue weighted by atomic mass is 10.0. The number of aliphatic hydroxyl groups is 1. The topological polar surface area (TPSA) is 66.5 Å². The third-order valence-corrected chi connectivity index (χ3v) is 1.87. The zero-order chi connectivity index (χ0) is 10.0. The van der Waals surface area contributed by atoms with Gasteiger partial charge in [0.05, 0.1) is 12.1 Å². The van der Waals surface area contributed by atoms with Crippen LogP contribution in [-0.4, -0.2) is 16.3 Å². The maximum atomic E-state index is 12.5. The second-order valence-electron chi connectivity index (χ2n) is 2.97. The molecule has 3 nitrogen and oxygen atoms in total. The Kier molecular flexibility index (Phi) is 2.85. The molecule has 1 aromatic carbocycles. The molecule has 0 fully saturated rings. The van der Waals surface area contributed by atoms with E-state index < -0.39 is 18.0 Å². The molecular weight excluding hydrogens is 173 g/mol. The molecule has 0 saturated heterocycles. The average molecular weight is 185 g/mol. The van der Waals surface area contributed by atoms with Crippen LogP contribution in [0.2, 0.25) is 0 Å². The summed E-state index contributed by atoms with van der Waals surface area (Å²) in [5.41, 5.74) is 5.90. The number of nitrogens with two attached hydrogens (primary N) is 1. The summed E-state index contributed by atoms with van der Waals surface area (Å²) in [6, 6.07) is 2.83. The van der Waals surface area contributed by atoms with Crippen molar-refractivity contribution in [1.82, 2.24) is 0 Å². The van der Waals surface area contributed by atoms with Crippen molar-refractivity contribution in [3.05, 3.63) is 29.6 Å². The summed E-state index contributed by atoms with van der Waals surface area (Å²) in [4.78, 5) is 0. The minimum Gasteiger partial charge on any atom is -0.508 e. The highest BCUT2D eigenvalue weighted by atomic mass is 19.1. The van der Waals surface area contributed by atoms with E-state index in [9.17, 15) is 9.50 Å². The minimum atomic E-state index is -0.781. The summed E-state index contributed by atoms with van der Waals surface area (Å²) < 4.78 is 12.5. The van der Waals surface area contributed by atoms with Crippen molar-refractivity contribution in [2.75, 3.05) is 0 Å². The van der Waals surface area contributed by atoms with Gasteiger partial charge in [0.1, 0.15) is 11.6 Å². The van der Waals surface area contributed by atoms with E-state index >= 15 is 0 Å². The largest absolute Gasteiger partial charge is 0.508 e. The lowest BCUT2D eigenvalue weighted by molar-refractivity contribution is 0.162. The fourth-order valence-corrected chi connectivity index (χ4v) is 1.06. The fraction of sp³-hybridized carbons (Fsp3) is 0.333. The van der Waals surface area contributed by atoms with Crippen LogP contribution in [0, 0.1) is 5.82 Å². The van der Waals surface area contributed by atoms with Crippen molar-refractivity contribution in [2.45, 2.75) is 19.1 Å². The van der Waals surface area contributed by atoms with Gasteiger partial charge in [0.25, 0.3) is 0 Å². The second kappa shape index (κ2) is 3.72. The molecule has 0 aliphatic carbocycles. The van der Waals surface area contributed by atoms with E-state index in [1.165, 1.54) is 19.1 Å². The Morgan fingerprint density at radius 3 is 2.54 bits per heavy atom. The van der Waals surface area contributed by atoms with Crippen molar-refractivity contribution < 1.29 is 14.6 Å². The van der Waals surface area contributed by atoms with Gasteiger partial charge in [-0.2, -0.15) is 0 Å². The van der Waals surface area contributed by atoms with E-state index in [1.807, 2.05) is 0 Å². The molecule has 4 N–H and O–H groups in total. The summed E-state index contributed by atoms with van der Waals surface area (Å²) in [5, 5.41) is 18.4. The standard InChI is InChI=1S/C9H12FNO2/c1-5(12)9(11)7-3-2-6(10)4-8(7)13/h2-5,9,12-13H,11H2,1H3/t5-,9-/m0/s1. The predicted octanol–water partition coefficient (Wildman–Crippen LogP) is 0.912. The molecule has 0 amide bonds. The highest BCUT2D eigenvalue weighted by Gasteiger charge is 2.15. The molecule has 0 aliphatic heterocycles. The normalized spacial score (nSPS) is 15.4. The Morgan fingerprint density at radius 2 is 2.08 bits per heavy atom. The third-order valence-electron chi connectivity index (χ3n) is 1.87. The van der Waals surface area contributed by atoms with E-state index in [4.69, 9.17) is 10.8 Å². The number of hydrogen-bond acceptors (Lipinski definition) is 3. The van der Waals surface area contributed by atoms with Crippen LogP contribution in [-0.2, 0) is 0 Å². The predicted molar refractivity (Wildman–Crippen MR) is 46.7 cm³/mol. The summed E-state index contributed by atoms with van der Waals surface area (Å²) >= 11 is 0. The van der Waals surface area contributed by atoms with Gasteiger partial charge in [0.15, 0.2) is 0 Å². The van der Waals surface area contributed by atoms with Gasteiger partial charge in [0.2, 0.25) is 0 Å². The summed E-state index contributed by atoms with van der Waals surface area (Å²) in [6.07, 6.45) is -0.781. The van der Waals surface area contributed by atoms with Crippen LogP contribution in [0.4, 0.5) is 4.39 Å². The average Bonchev–Trinajstić information content (AvgIpc) is 2.03. The van der Waals surface area contributed by atoms with Crippen molar-refractivity contribution >= 4 is 0 Å². The molecule has 0 unspecified atom stereocenters. The molecule has 0 bridgehead atoms. The molecule has 2 atom stereocenters. The molecule has 0 spiro atoms. The number of phenolic OH excluding ortho intramolecular Hbond substituents is 1. The summed E-state index contributed by atoms with van der Waals surface area (Å²) in [7, 11) is 0. The van der Waals surface area contributed by atoms with Crippen LogP contribution in [0.5, 0.6) is 5.75 Å². The van der Waals surface area contributed by atoms with Gasteiger partial charge in [-0.05, 0) is 13.0 Å². The van der Waals surface area contributed by atoms with Crippen LogP contribution < -0.4 is 5.73 Å². The first-order chi connectivity index (χ1) is 6.02. The van der Waals surface area contributed by atoms with Gasteiger partial charge in [-0.15, -0.1) is 0 Å². The van der Waals surface area contributed by atoms with Gasteiger partial charge in [-0.1, -0.05) is 6.07 Å². The van der Waals surface area contributed by atoms with E-state index in [1.54, 1.807) is 0 Å². The highest BCUT2D eigenvalue weighted by Crippen LogP contribution is 2.25. The minimum absolute atomic E-state index is 0.228. The SMILES string of the molecule is C[C@H](O)[C@H](N)c1ccc(F)cc1O. The quantitative estimate of drug-likeness (QED) is 0.641. The molecule has 0 saturated carbocycles. The molecule has 4 heteroatoms. The number of phenols is 1. The maximum Gasteiger partial charge on any atom is 0.126 e. The number of benzene rings is 1. The maximum absolute atomic E-state index is 12.5. The number of halogens is 1. The summed E-state index contributed by atoms with van der Waals surface area (Å²) in [6.45, 7) is 1.51. The molecule has 72 valence electrons. The van der Waals surface area contributed by atoms with E-state index in [0.29, 0.717) is 5.56 Å². The Balaban J connectivity index is 3.01. The number of hydrogen-bond donors (Lipinski definition) is 3. The molecular formula is C9H12FNO2. The Morgan fingerprint density at radius 1 is 1.46 bits per heavy atom. The monoisotopic (exact) mass is 185 g/mol. The van der Waals surface area contributed by atoms with Gasteiger partial charge >= 0.3 is 0 Å². The second-order valence-corrected chi connectivity index (χ2v) is 2.97. The zero-order valence-electron chi connectivity index (χ0n) is 7.24. The fourth-order valence-electron chi connectivity index (χ4n) is 1.06. The molecule has 0 aliphatic rings. The Hall–Kier alpha value is -1.13. The van der Waals surface area contributed by atoms with Crippen molar-refractivity contribution in [3.63, 3.8) is 0 Å². The highest BCUT2D eigenvalue weighted by molar-refractivity contribution is 5.35. The van der Waals surface area contributed by atoms with Gasteiger partial charge in [-0.3, -0.25) is 0 Å². The van der Waals surface area contributed by atoms with Crippen LogP contribution in [0.3, 0.4) is 0 Å². The molecule has 1 aromatic rings. The van der Waals surface area contributed by atoms with Crippen molar-refractivity contribution in [3.8, 4) is 5.75 Å². The third kappa shape index (κ3) is 2.17. The first-order valence-corrected chi connectivity index (χ1v) is 3.94. The molecule has 1 rings (SSSR count). The molecule has 13 heavy (non-hydrogen) atoms. The Labute approximate surface area is 75.6 Å².